The van der Waals surface area contributed by atoms with E-state index in [4.69, 9.17) is 5.11 Å². The fourth-order valence-electron chi connectivity index (χ4n) is 1.14. The molecule has 3 nitrogen and oxygen atoms in total. The molecule has 1 aromatic rings. The van der Waals surface area contributed by atoms with Crippen molar-refractivity contribution in [1.29, 1.82) is 0 Å². The molecule has 0 aliphatic carbocycles. The highest BCUT2D eigenvalue weighted by atomic mass is 16.3. The van der Waals surface area contributed by atoms with E-state index in [1.54, 1.807) is 25.1 Å². The molecule has 0 spiro atoms. The minimum Gasteiger partial charge on any atom is -0.374 e. The monoisotopic (exact) mass is 179 g/mol. The number of anilines is 1. The van der Waals surface area contributed by atoms with Crippen molar-refractivity contribution in [3.05, 3.63) is 29.8 Å². The molecule has 70 valence electrons. The van der Waals surface area contributed by atoms with Crippen LogP contribution in [-0.4, -0.2) is 17.1 Å². The van der Waals surface area contributed by atoms with Gasteiger partial charge in [0.15, 0.2) is 5.78 Å². The number of aliphatic hydroxyl groups excluding tert-OH is 1. The summed E-state index contributed by atoms with van der Waals surface area (Å²) in [5.41, 5.74) is 1.27. The highest BCUT2D eigenvalue weighted by Crippen LogP contribution is 2.15. The molecular weight excluding hydrogens is 166 g/mol. The number of hydrogen-bond acceptors (Lipinski definition) is 3. The molecule has 0 radical (unpaired) electrons. The van der Waals surface area contributed by atoms with Gasteiger partial charge in [0.1, 0.15) is 6.23 Å². The van der Waals surface area contributed by atoms with Gasteiger partial charge < -0.3 is 10.4 Å². The van der Waals surface area contributed by atoms with Gasteiger partial charge in [0.05, 0.1) is 0 Å². The third-order valence-corrected chi connectivity index (χ3v) is 1.67. The average Bonchev–Trinajstić information content (AvgIpc) is 2.03. The van der Waals surface area contributed by atoms with E-state index < -0.39 is 6.23 Å². The Hall–Kier alpha value is -1.35. The number of hydrogen-bond donors (Lipinski definition) is 2. The Morgan fingerprint density at radius 1 is 1.46 bits per heavy atom. The van der Waals surface area contributed by atoms with Gasteiger partial charge in [-0.1, -0.05) is 12.1 Å². The molecule has 0 aliphatic rings. The van der Waals surface area contributed by atoms with Gasteiger partial charge in [-0.25, -0.2) is 0 Å². The van der Waals surface area contributed by atoms with Crippen LogP contribution in [0.5, 0.6) is 0 Å². The molecule has 1 rings (SSSR count). The Morgan fingerprint density at radius 2 is 2.08 bits per heavy atom. The summed E-state index contributed by atoms with van der Waals surface area (Å²) in [6.45, 7) is 3.11. The van der Waals surface area contributed by atoms with Gasteiger partial charge >= 0.3 is 0 Å². The van der Waals surface area contributed by atoms with Gasteiger partial charge in [0.25, 0.3) is 0 Å². The van der Waals surface area contributed by atoms with E-state index >= 15 is 0 Å². The first kappa shape index (κ1) is 9.74. The van der Waals surface area contributed by atoms with Crippen LogP contribution in [-0.2, 0) is 0 Å². The van der Waals surface area contributed by atoms with Crippen LogP contribution in [0.15, 0.2) is 24.3 Å². The van der Waals surface area contributed by atoms with E-state index in [1.807, 2.05) is 6.07 Å². The number of Topliss-reactive ketones (excluding diaryl/α,β-unsaturated/α-hetero) is 1. The number of nitrogens with one attached hydrogen (secondary N) is 1. The Labute approximate surface area is 77.4 Å². The van der Waals surface area contributed by atoms with Crippen molar-refractivity contribution in [2.24, 2.45) is 0 Å². The van der Waals surface area contributed by atoms with Crippen molar-refractivity contribution in [3.8, 4) is 0 Å². The molecule has 0 fully saturated rings. The lowest BCUT2D eigenvalue weighted by Crippen LogP contribution is -2.15. The Kier molecular flexibility index (Phi) is 3.03. The summed E-state index contributed by atoms with van der Waals surface area (Å²) in [6.07, 6.45) is -0.652. The van der Waals surface area contributed by atoms with E-state index in [0.717, 1.165) is 0 Å². The molecule has 0 heterocycles. The van der Waals surface area contributed by atoms with E-state index in [9.17, 15) is 4.79 Å². The molecular formula is C10H13NO2. The van der Waals surface area contributed by atoms with Crippen LogP contribution in [0.2, 0.25) is 0 Å². The van der Waals surface area contributed by atoms with E-state index in [0.29, 0.717) is 11.3 Å². The summed E-state index contributed by atoms with van der Waals surface area (Å²) >= 11 is 0. The quantitative estimate of drug-likeness (QED) is 0.547. The zero-order valence-electron chi connectivity index (χ0n) is 7.74. The minimum atomic E-state index is -0.652. The average molecular weight is 179 g/mol. The molecule has 0 aliphatic heterocycles. The van der Waals surface area contributed by atoms with E-state index in [1.165, 1.54) is 6.92 Å². The summed E-state index contributed by atoms with van der Waals surface area (Å²) in [7, 11) is 0. The van der Waals surface area contributed by atoms with Crippen molar-refractivity contribution in [3.63, 3.8) is 0 Å². The normalized spacial score (nSPS) is 12.2. The van der Waals surface area contributed by atoms with Crippen LogP contribution in [0.1, 0.15) is 24.2 Å². The molecule has 13 heavy (non-hydrogen) atoms. The summed E-state index contributed by atoms with van der Waals surface area (Å²) in [5, 5.41) is 11.9. The van der Waals surface area contributed by atoms with Crippen molar-refractivity contribution in [2.75, 3.05) is 5.32 Å². The first-order valence-electron chi connectivity index (χ1n) is 4.16. The molecule has 0 aromatic heterocycles. The van der Waals surface area contributed by atoms with Gasteiger partial charge in [0.2, 0.25) is 0 Å². The van der Waals surface area contributed by atoms with Gasteiger partial charge in [-0.15, -0.1) is 0 Å². The second-order valence-electron chi connectivity index (χ2n) is 2.92. The maximum absolute atomic E-state index is 11.1. The van der Waals surface area contributed by atoms with Crippen LogP contribution >= 0.6 is 0 Å². The van der Waals surface area contributed by atoms with Gasteiger partial charge in [-0.2, -0.15) is 0 Å². The summed E-state index contributed by atoms with van der Waals surface area (Å²) in [5.74, 6) is -0.0104. The first-order chi connectivity index (χ1) is 6.11. The van der Waals surface area contributed by atoms with E-state index in [2.05, 4.69) is 5.32 Å². The van der Waals surface area contributed by atoms with Gasteiger partial charge in [-0.3, -0.25) is 4.79 Å². The minimum absolute atomic E-state index is 0.0104. The van der Waals surface area contributed by atoms with Crippen LogP contribution < -0.4 is 5.32 Å². The smallest absolute Gasteiger partial charge is 0.161 e. The van der Waals surface area contributed by atoms with E-state index in [-0.39, 0.29) is 5.78 Å². The van der Waals surface area contributed by atoms with Crippen molar-refractivity contribution < 1.29 is 9.90 Å². The molecule has 3 heteroatoms. The van der Waals surface area contributed by atoms with Gasteiger partial charge in [-0.05, 0) is 26.0 Å². The third kappa shape index (κ3) is 2.56. The number of ketones is 1. The highest BCUT2D eigenvalue weighted by Gasteiger charge is 2.06. The molecule has 0 saturated heterocycles. The summed E-state index contributed by atoms with van der Waals surface area (Å²) in [6, 6.07) is 7.11. The lowest BCUT2D eigenvalue weighted by atomic mass is 10.1. The number of rotatable bonds is 3. The second kappa shape index (κ2) is 4.05. The Bertz CT molecular complexity index is 308. The molecule has 0 bridgehead atoms. The predicted molar refractivity (Wildman–Crippen MR) is 51.8 cm³/mol. The maximum Gasteiger partial charge on any atom is 0.161 e. The summed E-state index contributed by atoms with van der Waals surface area (Å²) < 4.78 is 0. The molecule has 2 N–H and O–H groups in total. The second-order valence-corrected chi connectivity index (χ2v) is 2.92. The predicted octanol–water partition coefficient (Wildman–Crippen LogP) is 1.64. The number of para-hydroxylation sites is 1. The number of aliphatic hydroxyl groups is 1. The zero-order chi connectivity index (χ0) is 9.84. The largest absolute Gasteiger partial charge is 0.374 e. The van der Waals surface area contributed by atoms with Crippen molar-refractivity contribution >= 4 is 11.5 Å². The molecule has 0 saturated carbocycles. The Balaban J connectivity index is 2.98. The van der Waals surface area contributed by atoms with Crippen LogP contribution in [0, 0.1) is 0 Å². The molecule has 0 amide bonds. The molecule has 1 unspecified atom stereocenters. The molecule has 1 aromatic carbocycles. The lowest BCUT2D eigenvalue weighted by Gasteiger charge is -2.11. The lowest BCUT2D eigenvalue weighted by molar-refractivity contribution is 0.101. The van der Waals surface area contributed by atoms with Crippen molar-refractivity contribution in [1.82, 2.24) is 0 Å². The standard InChI is InChI=1S/C10H13NO2/c1-7(12)9-5-3-4-6-10(9)11-8(2)13/h3-6,8,11,13H,1-2H3. The van der Waals surface area contributed by atoms with Crippen molar-refractivity contribution in [2.45, 2.75) is 20.1 Å². The molecule has 1 atom stereocenters. The number of carbonyl (C=O) groups is 1. The Morgan fingerprint density at radius 3 is 2.62 bits per heavy atom. The van der Waals surface area contributed by atoms with Crippen LogP contribution in [0.4, 0.5) is 5.69 Å². The van der Waals surface area contributed by atoms with Crippen LogP contribution in [0.3, 0.4) is 0 Å². The zero-order valence-corrected chi connectivity index (χ0v) is 7.74. The fraction of sp³-hybridized carbons (Fsp3) is 0.300. The first-order valence-corrected chi connectivity index (χ1v) is 4.16. The number of benzene rings is 1. The SMILES string of the molecule is CC(=O)c1ccccc1NC(C)O. The topological polar surface area (TPSA) is 49.3 Å². The number of carbonyl (C=O) groups excluding carboxylic acids is 1. The fourth-order valence-corrected chi connectivity index (χ4v) is 1.14. The third-order valence-electron chi connectivity index (χ3n) is 1.67. The summed E-state index contributed by atoms with van der Waals surface area (Å²) in [4.78, 5) is 11.1. The van der Waals surface area contributed by atoms with Crippen LogP contribution in [0.25, 0.3) is 0 Å². The highest BCUT2D eigenvalue weighted by molar-refractivity contribution is 5.99. The maximum atomic E-state index is 11.1. The van der Waals surface area contributed by atoms with Gasteiger partial charge in [0, 0.05) is 11.3 Å².